The van der Waals surface area contributed by atoms with E-state index in [1.54, 1.807) is 44.3 Å². The second-order valence-corrected chi connectivity index (χ2v) is 10.4. The van der Waals surface area contributed by atoms with Gasteiger partial charge in [-0.05, 0) is 67.3 Å². The van der Waals surface area contributed by atoms with Crippen molar-refractivity contribution in [3.63, 3.8) is 0 Å². The van der Waals surface area contributed by atoms with E-state index in [4.69, 9.17) is 26.2 Å². The summed E-state index contributed by atoms with van der Waals surface area (Å²) in [4.78, 5) is 15.3. The van der Waals surface area contributed by atoms with Gasteiger partial charge in [0.15, 0.2) is 0 Å². The van der Waals surface area contributed by atoms with E-state index >= 15 is 0 Å². The van der Waals surface area contributed by atoms with Crippen molar-refractivity contribution >= 4 is 33.3 Å². The molecule has 0 bridgehead atoms. The van der Waals surface area contributed by atoms with Crippen LogP contribution in [0.25, 0.3) is 11.1 Å². The van der Waals surface area contributed by atoms with Crippen LogP contribution in [0.3, 0.4) is 0 Å². The summed E-state index contributed by atoms with van der Waals surface area (Å²) in [5.74, 6) is -0.620. The molecule has 1 atom stereocenters. The van der Waals surface area contributed by atoms with Crippen LogP contribution >= 0.6 is 11.6 Å². The Hall–Kier alpha value is -3.30. The standard InChI is InChI=1S/C25H25ClN2O6S/c1-3-33-25-23(11-16(2)14-27-25)35(31,32)28-15-20(8-10-24(29)30)34-22-9-7-18(13-21(22)28)17-5-4-6-19(26)12-17/h4-7,9,11-14,20H,3,8,10,15H2,1-2H3,(H,29,30)/t20-/m0/s1. The van der Waals surface area contributed by atoms with E-state index in [2.05, 4.69) is 4.98 Å². The van der Waals surface area contributed by atoms with Crippen molar-refractivity contribution in [2.75, 3.05) is 17.5 Å². The number of rotatable bonds is 8. The Morgan fingerprint density at radius 1 is 1.23 bits per heavy atom. The Balaban J connectivity index is 1.84. The van der Waals surface area contributed by atoms with E-state index in [-0.39, 0.29) is 36.8 Å². The molecular formula is C25H25ClN2O6S. The Kier molecular flexibility index (Phi) is 7.18. The number of carboxylic acid groups (broad SMARTS) is 1. The number of sulfonamides is 1. The summed E-state index contributed by atoms with van der Waals surface area (Å²) in [5.41, 5.74) is 2.58. The van der Waals surface area contributed by atoms with E-state index in [9.17, 15) is 13.2 Å². The van der Waals surface area contributed by atoms with Crippen LogP contribution < -0.4 is 13.8 Å². The van der Waals surface area contributed by atoms with Crippen LogP contribution in [0.5, 0.6) is 11.6 Å². The molecule has 0 amide bonds. The predicted molar refractivity (Wildman–Crippen MR) is 133 cm³/mol. The number of ether oxygens (including phenoxy) is 2. The number of aryl methyl sites for hydroxylation is 1. The van der Waals surface area contributed by atoms with Gasteiger partial charge in [-0.2, -0.15) is 0 Å². The molecule has 1 aromatic heterocycles. The Bertz CT molecular complexity index is 1360. The molecule has 0 spiro atoms. The van der Waals surface area contributed by atoms with E-state index in [0.29, 0.717) is 22.0 Å². The smallest absolute Gasteiger partial charge is 0.303 e. The molecule has 0 aliphatic carbocycles. The molecule has 0 radical (unpaired) electrons. The van der Waals surface area contributed by atoms with E-state index in [1.165, 1.54) is 10.4 Å². The van der Waals surface area contributed by atoms with Gasteiger partial charge in [0.1, 0.15) is 16.7 Å². The maximum atomic E-state index is 14.0. The fourth-order valence-corrected chi connectivity index (χ4v) is 5.76. The minimum absolute atomic E-state index is 0.0132. The highest BCUT2D eigenvalue weighted by atomic mass is 35.5. The number of pyridine rings is 1. The zero-order chi connectivity index (χ0) is 25.2. The van der Waals surface area contributed by atoms with Crippen LogP contribution in [0.15, 0.2) is 59.6 Å². The van der Waals surface area contributed by atoms with Crippen LogP contribution in [0.2, 0.25) is 5.02 Å². The van der Waals surface area contributed by atoms with Gasteiger partial charge in [-0.1, -0.05) is 29.8 Å². The lowest BCUT2D eigenvalue weighted by Crippen LogP contribution is -2.44. The summed E-state index contributed by atoms with van der Waals surface area (Å²) < 4.78 is 40.8. The number of aliphatic carboxylic acids is 1. The van der Waals surface area contributed by atoms with Gasteiger partial charge in [0.2, 0.25) is 5.88 Å². The first-order valence-corrected chi connectivity index (χ1v) is 12.9. The van der Waals surface area contributed by atoms with Gasteiger partial charge in [-0.25, -0.2) is 13.4 Å². The van der Waals surface area contributed by atoms with Crippen molar-refractivity contribution in [3.05, 3.63) is 65.3 Å². The van der Waals surface area contributed by atoms with Gasteiger partial charge in [0.25, 0.3) is 10.0 Å². The molecule has 2 aromatic carbocycles. The number of hydrogen-bond acceptors (Lipinski definition) is 6. The summed E-state index contributed by atoms with van der Waals surface area (Å²) in [5, 5.41) is 9.69. The van der Waals surface area contributed by atoms with E-state index in [1.807, 2.05) is 18.2 Å². The highest BCUT2D eigenvalue weighted by Gasteiger charge is 2.37. The van der Waals surface area contributed by atoms with Gasteiger partial charge in [0, 0.05) is 17.6 Å². The molecule has 10 heteroatoms. The van der Waals surface area contributed by atoms with Crippen LogP contribution in [-0.2, 0) is 14.8 Å². The minimum atomic E-state index is -4.14. The fraction of sp³-hybridized carbons (Fsp3) is 0.280. The van der Waals surface area contributed by atoms with Crippen molar-refractivity contribution in [1.29, 1.82) is 0 Å². The minimum Gasteiger partial charge on any atom is -0.486 e. The highest BCUT2D eigenvalue weighted by Crippen LogP contribution is 2.41. The summed E-state index contributed by atoms with van der Waals surface area (Å²) in [6.07, 6.45) is 0.912. The summed E-state index contributed by atoms with van der Waals surface area (Å²) in [7, 11) is -4.14. The average molecular weight is 517 g/mol. The topological polar surface area (TPSA) is 106 Å². The molecule has 0 fully saturated rings. The lowest BCUT2D eigenvalue weighted by atomic mass is 10.0. The van der Waals surface area contributed by atoms with Crippen LogP contribution in [0.4, 0.5) is 5.69 Å². The van der Waals surface area contributed by atoms with Gasteiger partial charge in [-0.15, -0.1) is 0 Å². The molecule has 35 heavy (non-hydrogen) atoms. The first-order chi connectivity index (χ1) is 16.7. The summed E-state index contributed by atoms with van der Waals surface area (Å²) >= 11 is 6.16. The Labute approximate surface area is 209 Å². The second-order valence-electron chi connectivity index (χ2n) is 8.15. The highest BCUT2D eigenvalue weighted by molar-refractivity contribution is 7.93. The molecule has 0 saturated heterocycles. The second kappa shape index (κ2) is 10.1. The number of carbonyl (C=O) groups is 1. The molecular weight excluding hydrogens is 492 g/mol. The van der Waals surface area contributed by atoms with Crippen LogP contribution in [0, 0.1) is 6.92 Å². The number of aromatic nitrogens is 1. The van der Waals surface area contributed by atoms with E-state index < -0.39 is 22.1 Å². The first kappa shape index (κ1) is 24.8. The summed E-state index contributed by atoms with van der Waals surface area (Å²) in [6.45, 7) is 3.70. The molecule has 0 unspecified atom stereocenters. The van der Waals surface area contributed by atoms with Crippen molar-refractivity contribution in [3.8, 4) is 22.8 Å². The molecule has 4 rings (SSSR count). The summed E-state index contributed by atoms with van der Waals surface area (Å²) in [6, 6.07) is 14.0. The maximum absolute atomic E-state index is 14.0. The average Bonchev–Trinajstić information content (AvgIpc) is 2.83. The predicted octanol–water partition coefficient (Wildman–Crippen LogP) is 4.93. The van der Waals surface area contributed by atoms with Crippen molar-refractivity contribution in [2.24, 2.45) is 0 Å². The molecule has 0 saturated carbocycles. The third-order valence-corrected chi connectivity index (χ3v) is 7.54. The van der Waals surface area contributed by atoms with E-state index in [0.717, 1.165) is 11.1 Å². The number of carboxylic acids is 1. The molecule has 184 valence electrons. The SMILES string of the molecule is CCOc1ncc(C)cc1S(=O)(=O)N1C[C@H](CCC(=O)O)Oc2ccc(-c3cccc(Cl)c3)cc21. The quantitative estimate of drug-likeness (QED) is 0.452. The maximum Gasteiger partial charge on any atom is 0.303 e. The van der Waals surface area contributed by atoms with Crippen molar-refractivity contribution in [2.45, 2.75) is 37.7 Å². The normalized spacial score (nSPS) is 15.3. The molecule has 8 nitrogen and oxygen atoms in total. The largest absolute Gasteiger partial charge is 0.486 e. The lowest BCUT2D eigenvalue weighted by Gasteiger charge is -2.36. The van der Waals surface area contributed by atoms with Crippen molar-refractivity contribution < 1.29 is 27.8 Å². The molecule has 1 aliphatic rings. The number of nitrogens with zero attached hydrogens (tertiary/aromatic N) is 2. The molecule has 1 N–H and O–H groups in total. The first-order valence-electron chi connectivity index (χ1n) is 11.1. The van der Waals surface area contributed by atoms with Crippen LogP contribution in [0.1, 0.15) is 25.3 Å². The van der Waals surface area contributed by atoms with Crippen LogP contribution in [-0.4, -0.2) is 43.7 Å². The molecule has 1 aliphatic heterocycles. The van der Waals surface area contributed by atoms with Gasteiger partial charge in [-0.3, -0.25) is 9.10 Å². The number of hydrogen-bond donors (Lipinski definition) is 1. The zero-order valence-electron chi connectivity index (χ0n) is 19.3. The molecule has 3 aromatic rings. The van der Waals surface area contributed by atoms with Gasteiger partial charge in [0.05, 0.1) is 18.8 Å². The number of halogens is 1. The molecule has 2 heterocycles. The third kappa shape index (κ3) is 5.36. The number of fused-ring (bicyclic) bond motifs is 1. The number of benzene rings is 2. The van der Waals surface area contributed by atoms with Crippen molar-refractivity contribution in [1.82, 2.24) is 4.98 Å². The van der Waals surface area contributed by atoms with Gasteiger partial charge >= 0.3 is 5.97 Å². The third-order valence-electron chi connectivity index (χ3n) is 5.53. The zero-order valence-corrected chi connectivity index (χ0v) is 20.8. The van der Waals surface area contributed by atoms with Gasteiger partial charge < -0.3 is 14.6 Å². The Morgan fingerprint density at radius 2 is 2.00 bits per heavy atom. The Morgan fingerprint density at radius 3 is 2.71 bits per heavy atom. The lowest BCUT2D eigenvalue weighted by molar-refractivity contribution is -0.137. The monoisotopic (exact) mass is 516 g/mol. The fourth-order valence-electron chi connectivity index (χ4n) is 3.90. The number of anilines is 1.